The molecule has 0 aliphatic rings. The molecule has 1 aromatic heterocycles. The van der Waals surface area contributed by atoms with Crippen LogP contribution in [0.3, 0.4) is 0 Å². The zero-order chi connectivity index (χ0) is 25.4. The highest BCUT2D eigenvalue weighted by Crippen LogP contribution is 2.31. The van der Waals surface area contributed by atoms with Crippen LogP contribution in [0.5, 0.6) is 11.5 Å². The Balaban J connectivity index is 1.64. The summed E-state index contributed by atoms with van der Waals surface area (Å²) < 4.78 is 52.3. The molecule has 2 N–H and O–H groups in total. The lowest BCUT2D eigenvalue weighted by molar-refractivity contribution is -0.141. The van der Waals surface area contributed by atoms with E-state index < -0.39 is 29.2 Å². The van der Waals surface area contributed by atoms with E-state index in [0.29, 0.717) is 30.4 Å². The maximum absolute atomic E-state index is 13.5. The summed E-state index contributed by atoms with van der Waals surface area (Å²) in [7, 11) is 0. The molecule has 11 heteroatoms. The molecule has 0 spiro atoms. The van der Waals surface area contributed by atoms with Gasteiger partial charge in [-0.05, 0) is 38.1 Å². The number of nitrogens with one attached hydrogen (secondary N) is 2. The molecule has 0 unspecified atom stereocenters. The Hall–Kier alpha value is -4.02. The largest absolute Gasteiger partial charge is 0.494 e. The van der Waals surface area contributed by atoms with Crippen molar-refractivity contribution in [2.24, 2.45) is 0 Å². The van der Waals surface area contributed by atoms with Crippen LogP contribution in [0.1, 0.15) is 40.3 Å². The summed E-state index contributed by atoms with van der Waals surface area (Å²) in [4.78, 5) is 25.0. The van der Waals surface area contributed by atoms with Gasteiger partial charge in [0.1, 0.15) is 11.5 Å². The third-order valence-corrected chi connectivity index (χ3v) is 4.71. The predicted octanol–water partition coefficient (Wildman–Crippen LogP) is 3.85. The first-order valence-corrected chi connectivity index (χ1v) is 10.9. The number of benzene rings is 2. The Morgan fingerprint density at radius 2 is 1.49 bits per heavy atom. The minimum absolute atomic E-state index is 0.0123. The first-order valence-electron chi connectivity index (χ1n) is 10.9. The molecule has 0 aliphatic carbocycles. The second-order valence-electron chi connectivity index (χ2n) is 7.24. The van der Waals surface area contributed by atoms with Crippen molar-refractivity contribution in [3.63, 3.8) is 0 Å². The van der Waals surface area contributed by atoms with E-state index in [9.17, 15) is 22.8 Å². The number of carbonyl (C=O) groups excluding carboxylic acids is 2. The molecule has 0 saturated heterocycles. The highest BCUT2D eigenvalue weighted by atomic mass is 19.4. The SMILES string of the molecule is CCOc1cc(OCC)cc(C(=O)NCCNC(=O)c2cn(-c3ccccc3)nc2C(F)(F)F)c1. The normalized spacial score (nSPS) is 11.1. The average molecular weight is 490 g/mol. The summed E-state index contributed by atoms with van der Waals surface area (Å²) in [6.07, 6.45) is -3.79. The summed E-state index contributed by atoms with van der Waals surface area (Å²) in [5.41, 5.74) is -1.24. The lowest BCUT2D eigenvalue weighted by Gasteiger charge is -2.11. The van der Waals surface area contributed by atoms with Crippen molar-refractivity contribution < 1.29 is 32.2 Å². The van der Waals surface area contributed by atoms with Crippen LogP contribution in [0, 0.1) is 0 Å². The molecule has 0 atom stereocenters. The minimum atomic E-state index is -4.81. The molecular weight excluding hydrogens is 465 g/mol. The molecule has 8 nitrogen and oxygen atoms in total. The first kappa shape index (κ1) is 25.6. The lowest BCUT2D eigenvalue weighted by Crippen LogP contribution is -2.35. The van der Waals surface area contributed by atoms with Gasteiger partial charge in [0, 0.05) is 30.9 Å². The van der Waals surface area contributed by atoms with Crippen molar-refractivity contribution >= 4 is 11.8 Å². The highest BCUT2D eigenvalue weighted by molar-refractivity contribution is 5.96. The maximum atomic E-state index is 13.5. The lowest BCUT2D eigenvalue weighted by atomic mass is 10.2. The van der Waals surface area contributed by atoms with E-state index in [0.717, 1.165) is 10.9 Å². The Kier molecular flexibility index (Phi) is 8.34. The molecule has 1 heterocycles. The second kappa shape index (κ2) is 11.4. The molecule has 0 saturated carbocycles. The monoisotopic (exact) mass is 490 g/mol. The van der Waals surface area contributed by atoms with Gasteiger partial charge in [-0.25, -0.2) is 4.68 Å². The fourth-order valence-electron chi connectivity index (χ4n) is 3.21. The van der Waals surface area contributed by atoms with Crippen LogP contribution in [0.2, 0.25) is 0 Å². The van der Waals surface area contributed by atoms with Crippen molar-refractivity contribution in [1.82, 2.24) is 20.4 Å². The summed E-state index contributed by atoms with van der Waals surface area (Å²) in [5.74, 6) is -0.473. The molecule has 2 aromatic carbocycles. The molecular formula is C24H25F3N4O4. The highest BCUT2D eigenvalue weighted by Gasteiger charge is 2.39. The number of hydrogen-bond donors (Lipinski definition) is 2. The zero-order valence-corrected chi connectivity index (χ0v) is 19.2. The van der Waals surface area contributed by atoms with E-state index in [-0.39, 0.29) is 18.7 Å². The predicted molar refractivity (Wildman–Crippen MR) is 122 cm³/mol. The number of nitrogens with zero attached hydrogens (tertiary/aromatic N) is 2. The Morgan fingerprint density at radius 1 is 0.914 bits per heavy atom. The number of amides is 2. The molecule has 0 fully saturated rings. The van der Waals surface area contributed by atoms with Gasteiger partial charge in [0.2, 0.25) is 0 Å². The van der Waals surface area contributed by atoms with E-state index in [4.69, 9.17) is 9.47 Å². The number of aromatic nitrogens is 2. The van der Waals surface area contributed by atoms with E-state index in [1.54, 1.807) is 48.5 Å². The molecule has 0 aliphatic heterocycles. The average Bonchev–Trinajstić information content (AvgIpc) is 3.29. The van der Waals surface area contributed by atoms with E-state index in [1.807, 2.05) is 13.8 Å². The van der Waals surface area contributed by atoms with Gasteiger partial charge in [-0.15, -0.1) is 0 Å². The van der Waals surface area contributed by atoms with Crippen LogP contribution < -0.4 is 20.1 Å². The number of rotatable bonds is 10. The first-order chi connectivity index (χ1) is 16.7. The molecule has 0 radical (unpaired) electrons. The van der Waals surface area contributed by atoms with E-state index in [2.05, 4.69) is 15.7 Å². The number of halogens is 3. The van der Waals surface area contributed by atoms with Gasteiger partial charge in [0.05, 0.1) is 24.5 Å². The van der Waals surface area contributed by atoms with Gasteiger partial charge in [0.15, 0.2) is 5.69 Å². The molecule has 35 heavy (non-hydrogen) atoms. The minimum Gasteiger partial charge on any atom is -0.494 e. The van der Waals surface area contributed by atoms with Crippen LogP contribution in [0.4, 0.5) is 13.2 Å². The van der Waals surface area contributed by atoms with Gasteiger partial charge in [-0.3, -0.25) is 9.59 Å². The van der Waals surface area contributed by atoms with Gasteiger partial charge < -0.3 is 20.1 Å². The van der Waals surface area contributed by atoms with E-state index >= 15 is 0 Å². The van der Waals surface area contributed by atoms with Gasteiger partial charge in [0.25, 0.3) is 11.8 Å². The Labute approximate surface area is 200 Å². The molecule has 2 amide bonds. The summed E-state index contributed by atoms with van der Waals surface area (Å²) in [6.45, 7) is 4.32. The van der Waals surface area contributed by atoms with Crippen LogP contribution >= 0.6 is 0 Å². The van der Waals surface area contributed by atoms with E-state index in [1.165, 1.54) is 0 Å². The van der Waals surface area contributed by atoms with Gasteiger partial charge >= 0.3 is 6.18 Å². The van der Waals surface area contributed by atoms with Crippen molar-refractivity contribution in [3.05, 3.63) is 71.5 Å². The number of carbonyl (C=O) groups is 2. The standard InChI is InChI=1S/C24H25F3N4O4/c1-3-34-18-12-16(13-19(14-18)35-4-2)22(32)28-10-11-29-23(33)20-15-31(17-8-6-5-7-9-17)30-21(20)24(25,26)27/h5-9,12-15H,3-4,10-11H2,1-2H3,(H,28,32)(H,29,33). The van der Waals surface area contributed by atoms with Crippen LogP contribution in [0.15, 0.2) is 54.7 Å². The van der Waals surface area contributed by atoms with Crippen molar-refractivity contribution in [3.8, 4) is 17.2 Å². The third-order valence-electron chi connectivity index (χ3n) is 4.71. The van der Waals surface area contributed by atoms with Crippen molar-refractivity contribution in [1.29, 1.82) is 0 Å². The fraction of sp³-hybridized carbons (Fsp3) is 0.292. The van der Waals surface area contributed by atoms with Crippen LogP contribution in [-0.4, -0.2) is 47.9 Å². The zero-order valence-electron chi connectivity index (χ0n) is 19.2. The Morgan fingerprint density at radius 3 is 2.03 bits per heavy atom. The summed E-state index contributed by atoms with van der Waals surface area (Å²) in [6, 6.07) is 12.9. The Bertz CT molecular complexity index is 1140. The second-order valence-corrected chi connectivity index (χ2v) is 7.24. The van der Waals surface area contributed by atoms with Crippen molar-refractivity contribution in [2.45, 2.75) is 20.0 Å². The quantitative estimate of drug-likeness (QED) is 0.421. The number of para-hydroxylation sites is 1. The number of hydrogen-bond acceptors (Lipinski definition) is 5. The topological polar surface area (TPSA) is 94.5 Å². The fourth-order valence-corrected chi connectivity index (χ4v) is 3.21. The van der Waals surface area contributed by atoms with Gasteiger partial charge in [-0.1, -0.05) is 18.2 Å². The van der Waals surface area contributed by atoms with Crippen LogP contribution in [0.25, 0.3) is 5.69 Å². The number of ether oxygens (including phenoxy) is 2. The molecule has 186 valence electrons. The van der Waals surface area contributed by atoms with Crippen molar-refractivity contribution in [2.75, 3.05) is 26.3 Å². The smallest absolute Gasteiger partial charge is 0.435 e. The third kappa shape index (κ3) is 6.75. The summed E-state index contributed by atoms with van der Waals surface area (Å²) >= 11 is 0. The molecule has 3 aromatic rings. The maximum Gasteiger partial charge on any atom is 0.435 e. The number of alkyl halides is 3. The summed E-state index contributed by atoms with van der Waals surface area (Å²) in [5, 5.41) is 8.56. The van der Waals surface area contributed by atoms with Gasteiger partial charge in [-0.2, -0.15) is 18.3 Å². The van der Waals surface area contributed by atoms with Crippen LogP contribution in [-0.2, 0) is 6.18 Å². The molecule has 0 bridgehead atoms. The molecule has 3 rings (SSSR count).